The van der Waals surface area contributed by atoms with Crippen LogP contribution in [0.3, 0.4) is 0 Å². The molecule has 1 aliphatic heterocycles. The topological polar surface area (TPSA) is 76.1 Å². The number of nitrogens with zero attached hydrogens (tertiary/aromatic N) is 5. The van der Waals surface area contributed by atoms with E-state index in [1.807, 2.05) is 12.1 Å². The van der Waals surface area contributed by atoms with Gasteiger partial charge in [0.2, 0.25) is 5.95 Å². The van der Waals surface area contributed by atoms with Crippen LogP contribution in [0, 0.1) is 6.92 Å². The molecule has 4 rings (SSSR count). The number of ether oxygens (including phenoxy) is 1. The number of aryl methyl sites for hydroxylation is 1. The van der Waals surface area contributed by atoms with E-state index in [4.69, 9.17) is 4.74 Å². The SMILES string of the molecule is Cc1ccc(Nc2nc(N3CCOCC3)nc3nccnc23)cc1. The summed E-state index contributed by atoms with van der Waals surface area (Å²) in [5.41, 5.74) is 3.42. The van der Waals surface area contributed by atoms with Gasteiger partial charge < -0.3 is 15.0 Å². The number of benzene rings is 1. The standard InChI is InChI=1S/C17H18N6O/c1-12-2-4-13(5-3-12)20-16-14-15(19-7-6-18-14)21-17(22-16)23-8-10-24-11-9-23/h2-7H,8-11H2,1H3,(H,19,20,21,22). The second-order valence-corrected chi connectivity index (χ2v) is 5.69. The Morgan fingerprint density at radius 2 is 1.75 bits per heavy atom. The van der Waals surface area contributed by atoms with Crippen molar-refractivity contribution in [3.8, 4) is 0 Å². The first-order valence-corrected chi connectivity index (χ1v) is 7.95. The fraction of sp³-hybridized carbons (Fsp3) is 0.294. The molecular formula is C17H18N6O. The molecule has 0 saturated carbocycles. The Balaban J connectivity index is 1.75. The van der Waals surface area contributed by atoms with E-state index < -0.39 is 0 Å². The zero-order valence-electron chi connectivity index (χ0n) is 13.4. The molecule has 0 spiro atoms. The third-order valence-corrected chi connectivity index (χ3v) is 3.93. The molecule has 0 aliphatic carbocycles. The van der Waals surface area contributed by atoms with Gasteiger partial charge in [0.05, 0.1) is 13.2 Å². The smallest absolute Gasteiger partial charge is 0.229 e. The van der Waals surface area contributed by atoms with Gasteiger partial charge in [0.1, 0.15) is 0 Å². The molecule has 7 heteroatoms. The average Bonchev–Trinajstić information content (AvgIpc) is 2.64. The molecular weight excluding hydrogens is 304 g/mol. The minimum atomic E-state index is 0.587. The summed E-state index contributed by atoms with van der Waals surface area (Å²) in [7, 11) is 0. The van der Waals surface area contributed by atoms with Crippen LogP contribution in [0.25, 0.3) is 11.2 Å². The van der Waals surface area contributed by atoms with E-state index in [1.165, 1.54) is 5.56 Å². The van der Waals surface area contributed by atoms with Crippen LogP contribution in [0.2, 0.25) is 0 Å². The lowest BCUT2D eigenvalue weighted by Crippen LogP contribution is -2.37. The summed E-state index contributed by atoms with van der Waals surface area (Å²) in [6.45, 7) is 4.97. The predicted octanol–water partition coefficient (Wildman–Crippen LogP) is 2.31. The lowest BCUT2D eigenvalue weighted by molar-refractivity contribution is 0.122. The van der Waals surface area contributed by atoms with Gasteiger partial charge in [0.15, 0.2) is 17.0 Å². The van der Waals surface area contributed by atoms with Crippen LogP contribution in [-0.4, -0.2) is 46.2 Å². The minimum Gasteiger partial charge on any atom is -0.378 e. The molecule has 0 atom stereocenters. The highest BCUT2D eigenvalue weighted by Gasteiger charge is 2.17. The summed E-state index contributed by atoms with van der Waals surface area (Å²) in [4.78, 5) is 20.1. The number of aromatic nitrogens is 4. The summed E-state index contributed by atoms with van der Waals surface area (Å²) >= 11 is 0. The Labute approximate surface area is 139 Å². The first-order valence-electron chi connectivity index (χ1n) is 7.95. The predicted molar refractivity (Wildman–Crippen MR) is 92.6 cm³/mol. The van der Waals surface area contributed by atoms with E-state index in [0.717, 1.165) is 18.8 Å². The number of hydrogen-bond donors (Lipinski definition) is 1. The third kappa shape index (κ3) is 2.98. The maximum Gasteiger partial charge on any atom is 0.229 e. The molecule has 1 aromatic carbocycles. The molecule has 122 valence electrons. The quantitative estimate of drug-likeness (QED) is 0.793. The molecule has 1 saturated heterocycles. The summed E-state index contributed by atoms with van der Waals surface area (Å²) in [5.74, 6) is 1.32. The lowest BCUT2D eigenvalue weighted by atomic mass is 10.2. The van der Waals surface area contributed by atoms with Crippen molar-refractivity contribution >= 4 is 28.6 Å². The fourth-order valence-electron chi connectivity index (χ4n) is 2.62. The van der Waals surface area contributed by atoms with Gasteiger partial charge in [0.25, 0.3) is 0 Å². The van der Waals surface area contributed by atoms with E-state index in [2.05, 4.69) is 49.2 Å². The molecule has 7 nitrogen and oxygen atoms in total. The summed E-state index contributed by atoms with van der Waals surface area (Å²) in [6, 6.07) is 8.16. The van der Waals surface area contributed by atoms with E-state index in [1.54, 1.807) is 12.4 Å². The van der Waals surface area contributed by atoms with Crippen molar-refractivity contribution in [1.82, 2.24) is 19.9 Å². The Morgan fingerprint density at radius 1 is 1.00 bits per heavy atom. The molecule has 3 heterocycles. The van der Waals surface area contributed by atoms with Crippen LogP contribution in [-0.2, 0) is 4.74 Å². The molecule has 1 aliphatic rings. The monoisotopic (exact) mass is 322 g/mol. The van der Waals surface area contributed by atoms with Crippen LogP contribution in [0.4, 0.5) is 17.5 Å². The number of nitrogens with one attached hydrogen (secondary N) is 1. The summed E-state index contributed by atoms with van der Waals surface area (Å²) < 4.78 is 5.40. The van der Waals surface area contributed by atoms with Gasteiger partial charge in [0, 0.05) is 31.2 Å². The second kappa shape index (κ2) is 6.37. The van der Waals surface area contributed by atoms with E-state index in [0.29, 0.717) is 36.1 Å². The van der Waals surface area contributed by atoms with Crippen LogP contribution >= 0.6 is 0 Å². The zero-order chi connectivity index (χ0) is 16.4. The molecule has 1 fully saturated rings. The molecule has 1 N–H and O–H groups in total. The Morgan fingerprint density at radius 3 is 2.54 bits per heavy atom. The summed E-state index contributed by atoms with van der Waals surface area (Å²) in [6.07, 6.45) is 3.30. The van der Waals surface area contributed by atoms with Crippen LogP contribution in [0.5, 0.6) is 0 Å². The molecule has 3 aromatic rings. The molecule has 0 unspecified atom stereocenters. The van der Waals surface area contributed by atoms with E-state index >= 15 is 0 Å². The van der Waals surface area contributed by atoms with Gasteiger partial charge in [-0.25, -0.2) is 9.97 Å². The third-order valence-electron chi connectivity index (χ3n) is 3.93. The minimum absolute atomic E-state index is 0.587. The second-order valence-electron chi connectivity index (χ2n) is 5.69. The van der Waals surface area contributed by atoms with Crippen molar-refractivity contribution < 1.29 is 4.74 Å². The van der Waals surface area contributed by atoms with E-state index in [-0.39, 0.29) is 0 Å². The van der Waals surface area contributed by atoms with E-state index in [9.17, 15) is 0 Å². The summed E-state index contributed by atoms with van der Waals surface area (Å²) in [5, 5.41) is 3.34. The molecule has 2 aromatic heterocycles. The fourth-order valence-corrected chi connectivity index (χ4v) is 2.62. The van der Waals surface area contributed by atoms with Crippen molar-refractivity contribution in [1.29, 1.82) is 0 Å². The van der Waals surface area contributed by atoms with Gasteiger partial charge in [-0.1, -0.05) is 17.7 Å². The van der Waals surface area contributed by atoms with Gasteiger partial charge in [-0.05, 0) is 19.1 Å². The van der Waals surface area contributed by atoms with Crippen molar-refractivity contribution in [3.05, 3.63) is 42.2 Å². The highest BCUT2D eigenvalue weighted by Crippen LogP contribution is 2.24. The van der Waals surface area contributed by atoms with Crippen molar-refractivity contribution in [2.45, 2.75) is 6.92 Å². The maximum atomic E-state index is 5.40. The van der Waals surface area contributed by atoms with Crippen molar-refractivity contribution in [2.24, 2.45) is 0 Å². The molecule has 0 radical (unpaired) electrons. The number of anilines is 3. The van der Waals surface area contributed by atoms with Crippen LogP contribution in [0.15, 0.2) is 36.7 Å². The van der Waals surface area contributed by atoms with Crippen molar-refractivity contribution in [3.63, 3.8) is 0 Å². The van der Waals surface area contributed by atoms with Gasteiger partial charge in [-0.2, -0.15) is 9.97 Å². The maximum absolute atomic E-state index is 5.40. The molecule has 0 amide bonds. The molecule has 24 heavy (non-hydrogen) atoms. The number of morpholine rings is 1. The lowest BCUT2D eigenvalue weighted by Gasteiger charge is -2.27. The first kappa shape index (κ1) is 14.8. The zero-order valence-corrected chi connectivity index (χ0v) is 13.4. The van der Waals surface area contributed by atoms with Gasteiger partial charge in [-0.3, -0.25) is 0 Å². The van der Waals surface area contributed by atoms with Crippen molar-refractivity contribution in [2.75, 3.05) is 36.5 Å². The Kier molecular flexibility index (Phi) is 3.92. The van der Waals surface area contributed by atoms with Crippen LogP contribution in [0.1, 0.15) is 5.56 Å². The van der Waals surface area contributed by atoms with Crippen LogP contribution < -0.4 is 10.2 Å². The Hall–Kier alpha value is -2.80. The number of fused-ring (bicyclic) bond motifs is 1. The molecule has 0 bridgehead atoms. The highest BCUT2D eigenvalue weighted by molar-refractivity contribution is 5.85. The van der Waals surface area contributed by atoms with Gasteiger partial charge in [-0.15, -0.1) is 0 Å². The number of rotatable bonds is 3. The largest absolute Gasteiger partial charge is 0.378 e. The normalized spacial score (nSPS) is 14.8. The van der Waals surface area contributed by atoms with Gasteiger partial charge >= 0.3 is 0 Å². The average molecular weight is 322 g/mol. The number of hydrogen-bond acceptors (Lipinski definition) is 7. The first-order chi connectivity index (χ1) is 11.8. The highest BCUT2D eigenvalue weighted by atomic mass is 16.5. The Bertz CT molecular complexity index is 845.